The van der Waals surface area contributed by atoms with Crippen LogP contribution in [-0.4, -0.2) is 16.0 Å². The second-order valence-electron chi connectivity index (χ2n) is 7.64. The fraction of sp³-hybridized carbons (Fsp3) is 0.526. The molecule has 5 rings (SSSR count). The summed E-state index contributed by atoms with van der Waals surface area (Å²) in [5.41, 5.74) is 0.637. The summed E-state index contributed by atoms with van der Waals surface area (Å²) < 4.78 is 0. The van der Waals surface area contributed by atoms with Crippen molar-refractivity contribution in [3.63, 3.8) is 0 Å². The number of carbonyl (C=O) groups excluding carboxylic acids is 1. The molecular weight excluding hydrogens is 276 g/mol. The Labute approximate surface area is 130 Å². The van der Waals surface area contributed by atoms with E-state index in [0.29, 0.717) is 0 Å². The Hall–Kier alpha value is -1.77. The van der Waals surface area contributed by atoms with E-state index in [1.807, 2.05) is 0 Å². The highest BCUT2D eigenvalue weighted by molar-refractivity contribution is 5.98. The quantitative estimate of drug-likeness (QED) is 0.657. The smallest absolute Gasteiger partial charge is 0.161 e. The Balaban J connectivity index is 1.54. The first-order valence-electron chi connectivity index (χ1n) is 8.28. The zero-order valence-electron chi connectivity index (χ0n) is 12.7. The van der Waals surface area contributed by atoms with Gasteiger partial charge in [-0.05, 0) is 80.1 Å². The van der Waals surface area contributed by atoms with E-state index in [4.69, 9.17) is 0 Å². The van der Waals surface area contributed by atoms with Gasteiger partial charge < -0.3 is 10.2 Å². The van der Waals surface area contributed by atoms with Crippen LogP contribution in [0.15, 0.2) is 24.3 Å². The van der Waals surface area contributed by atoms with Crippen LogP contribution in [-0.2, 0) is 4.79 Å². The number of rotatable bonds is 3. The van der Waals surface area contributed by atoms with Gasteiger partial charge in [0.1, 0.15) is 0 Å². The molecule has 3 heteroatoms. The fourth-order valence-electron chi connectivity index (χ4n) is 5.41. The number of hydrogen-bond donors (Lipinski definition) is 2. The Morgan fingerprint density at radius 1 is 1.00 bits per heavy atom. The summed E-state index contributed by atoms with van der Waals surface area (Å²) in [6.07, 6.45) is 10.7. The lowest BCUT2D eigenvalue weighted by molar-refractivity contribution is -0.138. The van der Waals surface area contributed by atoms with Gasteiger partial charge in [0.05, 0.1) is 0 Å². The second kappa shape index (κ2) is 4.87. The molecule has 4 aliphatic rings. The second-order valence-corrected chi connectivity index (χ2v) is 7.64. The zero-order valence-corrected chi connectivity index (χ0v) is 12.7. The van der Waals surface area contributed by atoms with Crippen LogP contribution in [0.2, 0.25) is 0 Å². The molecule has 4 aliphatic carbocycles. The Bertz CT molecular complexity index is 609. The topological polar surface area (TPSA) is 57.5 Å². The van der Waals surface area contributed by atoms with Gasteiger partial charge in [-0.25, -0.2) is 0 Å². The van der Waals surface area contributed by atoms with Crippen molar-refractivity contribution < 1.29 is 15.0 Å². The zero-order chi connectivity index (χ0) is 15.3. The van der Waals surface area contributed by atoms with Crippen LogP contribution < -0.4 is 0 Å². The number of hydrogen-bond acceptors (Lipinski definition) is 3. The van der Waals surface area contributed by atoms with E-state index >= 15 is 0 Å². The van der Waals surface area contributed by atoms with Gasteiger partial charge in [-0.3, -0.25) is 4.79 Å². The molecule has 0 aliphatic heterocycles. The molecule has 4 fully saturated rings. The summed E-state index contributed by atoms with van der Waals surface area (Å²) in [6.45, 7) is 0. The number of aromatic hydroxyl groups is 2. The number of phenolic OH excluding ortho intramolecular Hbond substituents is 2. The Kier molecular flexibility index (Phi) is 3.07. The molecule has 0 heterocycles. The molecular formula is C19H22O3. The van der Waals surface area contributed by atoms with Crippen LogP contribution in [0.4, 0.5) is 0 Å². The highest BCUT2D eigenvalue weighted by atomic mass is 16.3. The number of carbonyl (C=O) groups is 1. The average molecular weight is 298 g/mol. The number of benzene rings is 1. The van der Waals surface area contributed by atoms with Crippen molar-refractivity contribution in [2.45, 2.75) is 38.5 Å². The predicted octanol–water partition coefficient (Wildman–Crippen LogP) is 3.90. The maximum absolute atomic E-state index is 12.8. The monoisotopic (exact) mass is 298 g/mol. The number of phenols is 2. The molecule has 0 unspecified atom stereocenters. The fourth-order valence-corrected chi connectivity index (χ4v) is 5.41. The first-order valence-corrected chi connectivity index (χ1v) is 8.28. The third-order valence-corrected chi connectivity index (χ3v) is 5.99. The van der Waals surface area contributed by atoms with Crippen LogP contribution in [0.3, 0.4) is 0 Å². The molecule has 0 aromatic heterocycles. The minimum atomic E-state index is -0.149. The van der Waals surface area contributed by atoms with E-state index in [1.165, 1.54) is 31.4 Å². The number of ketones is 1. The van der Waals surface area contributed by atoms with Gasteiger partial charge in [0.15, 0.2) is 17.3 Å². The van der Waals surface area contributed by atoms with Crippen LogP contribution >= 0.6 is 0 Å². The van der Waals surface area contributed by atoms with Gasteiger partial charge in [-0.15, -0.1) is 0 Å². The van der Waals surface area contributed by atoms with E-state index in [9.17, 15) is 15.0 Å². The van der Waals surface area contributed by atoms with Crippen molar-refractivity contribution in [2.75, 3.05) is 0 Å². The number of allylic oxidation sites excluding steroid dienone is 1. The summed E-state index contributed by atoms with van der Waals surface area (Å²) >= 11 is 0. The Morgan fingerprint density at radius 2 is 1.59 bits per heavy atom. The minimum Gasteiger partial charge on any atom is -0.504 e. The van der Waals surface area contributed by atoms with Crippen LogP contribution in [0.25, 0.3) is 6.08 Å². The maximum Gasteiger partial charge on any atom is 0.161 e. The van der Waals surface area contributed by atoms with Gasteiger partial charge in [-0.1, -0.05) is 12.1 Å². The summed E-state index contributed by atoms with van der Waals surface area (Å²) in [4.78, 5) is 12.8. The molecule has 1 aromatic rings. The molecule has 0 atom stereocenters. The largest absolute Gasteiger partial charge is 0.504 e. The molecule has 4 bridgehead atoms. The minimum absolute atomic E-state index is 0.107. The molecule has 1 aromatic carbocycles. The van der Waals surface area contributed by atoms with Crippen molar-refractivity contribution in [3.8, 4) is 11.5 Å². The van der Waals surface area contributed by atoms with Crippen LogP contribution in [0.5, 0.6) is 11.5 Å². The van der Waals surface area contributed by atoms with E-state index in [1.54, 1.807) is 18.2 Å². The average Bonchev–Trinajstić information content (AvgIpc) is 2.46. The highest BCUT2D eigenvalue weighted by Gasteiger charge is 2.53. The van der Waals surface area contributed by atoms with E-state index < -0.39 is 0 Å². The molecule has 116 valence electrons. The third-order valence-electron chi connectivity index (χ3n) is 5.99. The lowest BCUT2D eigenvalue weighted by Crippen LogP contribution is -2.49. The lowest BCUT2D eigenvalue weighted by atomic mass is 9.48. The molecule has 0 saturated heterocycles. The third kappa shape index (κ3) is 2.23. The van der Waals surface area contributed by atoms with Gasteiger partial charge in [0.25, 0.3) is 0 Å². The molecule has 22 heavy (non-hydrogen) atoms. The van der Waals surface area contributed by atoms with E-state index in [0.717, 1.165) is 42.6 Å². The summed E-state index contributed by atoms with van der Waals surface area (Å²) in [5, 5.41) is 18.9. The van der Waals surface area contributed by atoms with Gasteiger partial charge in [0, 0.05) is 5.41 Å². The van der Waals surface area contributed by atoms with E-state index in [-0.39, 0.29) is 22.7 Å². The SMILES string of the molecule is O=C(/C=C/c1ccc(O)c(O)c1)C12CC3CC(CC(C3)C1)C2. The predicted molar refractivity (Wildman–Crippen MR) is 84.4 cm³/mol. The summed E-state index contributed by atoms with van der Waals surface area (Å²) in [7, 11) is 0. The van der Waals surface area contributed by atoms with Gasteiger partial charge >= 0.3 is 0 Å². The van der Waals surface area contributed by atoms with Crippen molar-refractivity contribution in [2.24, 2.45) is 23.2 Å². The lowest BCUT2D eigenvalue weighted by Gasteiger charge is -2.55. The van der Waals surface area contributed by atoms with Crippen LogP contribution in [0.1, 0.15) is 44.1 Å². The van der Waals surface area contributed by atoms with Crippen LogP contribution in [0, 0.1) is 23.2 Å². The standard InChI is InChI=1S/C19H22O3/c20-16-3-1-12(8-17(16)21)2-4-18(22)19-9-13-5-14(10-19)7-15(6-13)11-19/h1-4,8,13-15,20-21H,5-7,9-11H2/b4-2+. The molecule has 4 saturated carbocycles. The highest BCUT2D eigenvalue weighted by Crippen LogP contribution is 2.60. The molecule has 0 spiro atoms. The molecule has 0 amide bonds. The van der Waals surface area contributed by atoms with Crippen molar-refractivity contribution in [1.82, 2.24) is 0 Å². The Morgan fingerprint density at radius 3 is 2.14 bits per heavy atom. The van der Waals surface area contributed by atoms with Crippen molar-refractivity contribution >= 4 is 11.9 Å². The molecule has 0 radical (unpaired) electrons. The van der Waals surface area contributed by atoms with Gasteiger partial charge in [0.2, 0.25) is 0 Å². The van der Waals surface area contributed by atoms with Crippen molar-refractivity contribution in [3.05, 3.63) is 29.8 Å². The van der Waals surface area contributed by atoms with Crippen molar-refractivity contribution in [1.29, 1.82) is 0 Å². The normalized spacial score (nSPS) is 36.1. The first kappa shape index (κ1) is 13.9. The first-order chi connectivity index (χ1) is 10.5. The molecule has 3 nitrogen and oxygen atoms in total. The summed E-state index contributed by atoms with van der Waals surface area (Å²) in [6, 6.07) is 4.64. The molecule has 2 N–H and O–H groups in total. The van der Waals surface area contributed by atoms with Gasteiger partial charge in [-0.2, -0.15) is 0 Å². The summed E-state index contributed by atoms with van der Waals surface area (Å²) in [5.74, 6) is 2.28. The maximum atomic E-state index is 12.8. The van der Waals surface area contributed by atoms with E-state index in [2.05, 4.69) is 0 Å².